The standard InChI is InChI=1S/C22H18FN9O2/c23-15-9-14(31-7-1-6-24-31)4-5-16(15)27-18-10-19(26-13-2-3-13)32-20(29-18)12(11-25-32)8-17-21(33)30-22(34)28-17/h1,4-11,13,27,33H,2-3H2,(H2,28,30,34)/b12-8+,26-19?. The highest BCUT2D eigenvalue weighted by atomic mass is 19.1. The van der Waals surface area contributed by atoms with Gasteiger partial charge < -0.3 is 15.4 Å². The summed E-state index contributed by atoms with van der Waals surface area (Å²) in [6, 6.07) is 8.42. The number of hydrogen-bond acceptors (Lipinski definition) is 7. The van der Waals surface area contributed by atoms with Crippen molar-refractivity contribution in [2.45, 2.75) is 18.9 Å². The van der Waals surface area contributed by atoms with Crippen LogP contribution in [0.2, 0.25) is 0 Å². The molecular weight excluding hydrogens is 441 g/mol. The molecule has 0 radical (unpaired) electrons. The summed E-state index contributed by atoms with van der Waals surface area (Å²) in [5, 5.41) is 22.0. The Labute approximate surface area is 189 Å². The molecule has 0 atom stereocenters. The smallest absolute Gasteiger partial charge is 0.326 e. The lowest BCUT2D eigenvalue weighted by Crippen LogP contribution is -2.20. The molecule has 0 aliphatic heterocycles. The minimum atomic E-state index is -0.533. The first-order valence-electron chi connectivity index (χ1n) is 10.6. The first-order chi connectivity index (χ1) is 16.5. The van der Waals surface area contributed by atoms with Crippen LogP contribution >= 0.6 is 0 Å². The van der Waals surface area contributed by atoms with Crippen LogP contribution in [0.5, 0.6) is 5.88 Å². The Bertz CT molecular complexity index is 1690. The summed E-state index contributed by atoms with van der Waals surface area (Å²) < 4.78 is 18.0. The molecule has 6 rings (SSSR count). The molecule has 4 aromatic heterocycles. The van der Waals surface area contributed by atoms with E-state index in [4.69, 9.17) is 4.99 Å². The van der Waals surface area contributed by atoms with Crippen molar-refractivity contribution in [2.24, 2.45) is 4.99 Å². The maximum absolute atomic E-state index is 14.9. The predicted molar refractivity (Wildman–Crippen MR) is 120 cm³/mol. The second-order valence-corrected chi connectivity index (χ2v) is 7.92. The van der Waals surface area contributed by atoms with Crippen molar-refractivity contribution in [1.29, 1.82) is 0 Å². The van der Waals surface area contributed by atoms with E-state index in [1.807, 2.05) is 0 Å². The van der Waals surface area contributed by atoms with Crippen molar-refractivity contribution < 1.29 is 9.50 Å². The molecule has 12 heteroatoms. The topological polar surface area (TPSA) is 141 Å². The van der Waals surface area contributed by atoms with E-state index in [0.717, 1.165) is 12.8 Å². The molecule has 4 heterocycles. The summed E-state index contributed by atoms with van der Waals surface area (Å²) in [6.07, 6.45) is 8.45. The van der Waals surface area contributed by atoms with Crippen LogP contribution < -0.4 is 21.7 Å². The van der Waals surface area contributed by atoms with Crippen LogP contribution in [0.4, 0.5) is 15.9 Å². The molecule has 4 N–H and O–H groups in total. The Morgan fingerprint density at radius 3 is 2.82 bits per heavy atom. The van der Waals surface area contributed by atoms with E-state index in [0.29, 0.717) is 27.9 Å². The molecule has 34 heavy (non-hydrogen) atoms. The average molecular weight is 459 g/mol. The molecule has 5 aromatic rings. The fraction of sp³-hybridized carbons (Fsp3) is 0.136. The van der Waals surface area contributed by atoms with E-state index < -0.39 is 11.5 Å². The first kappa shape index (κ1) is 19.9. The monoisotopic (exact) mass is 459 g/mol. The second kappa shape index (κ2) is 7.69. The third kappa shape index (κ3) is 3.70. The Balaban J connectivity index is 1.45. The summed E-state index contributed by atoms with van der Waals surface area (Å²) in [5.74, 6) is -0.383. The van der Waals surface area contributed by atoms with E-state index in [1.165, 1.54) is 6.07 Å². The van der Waals surface area contributed by atoms with Gasteiger partial charge in [-0.25, -0.2) is 18.9 Å². The van der Waals surface area contributed by atoms with Crippen molar-refractivity contribution in [3.63, 3.8) is 0 Å². The van der Waals surface area contributed by atoms with Gasteiger partial charge >= 0.3 is 5.69 Å². The van der Waals surface area contributed by atoms with Crippen molar-refractivity contribution >= 4 is 23.2 Å². The summed E-state index contributed by atoms with van der Waals surface area (Å²) >= 11 is 0. The number of aromatic hydroxyl groups is 1. The fourth-order valence-electron chi connectivity index (χ4n) is 3.57. The molecule has 1 fully saturated rings. The zero-order valence-corrected chi connectivity index (χ0v) is 17.6. The van der Waals surface area contributed by atoms with Gasteiger partial charge in [0.2, 0.25) is 5.88 Å². The lowest BCUT2D eigenvalue weighted by Gasteiger charge is -2.09. The molecule has 0 bridgehead atoms. The molecule has 0 unspecified atom stereocenters. The zero-order valence-electron chi connectivity index (χ0n) is 17.6. The summed E-state index contributed by atoms with van der Waals surface area (Å²) in [4.78, 5) is 25.5. The number of anilines is 2. The van der Waals surface area contributed by atoms with Gasteiger partial charge in [0.25, 0.3) is 0 Å². The Morgan fingerprint density at radius 2 is 2.12 bits per heavy atom. The van der Waals surface area contributed by atoms with Crippen molar-refractivity contribution in [3.8, 4) is 11.6 Å². The molecule has 0 saturated heterocycles. The van der Waals surface area contributed by atoms with Crippen LogP contribution in [0.3, 0.4) is 0 Å². The summed E-state index contributed by atoms with van der Waals surface area (Å²) in [7, 11) is 0. The van der Waals surface area contributed by atoms with Gasteiger partial charge in [0, 0.05) is 29.7 Å². The van der Waals surface area contributed by atoms with Gasteiger partial charge in [0.15, 0.2) is 11.1 Å². The number of H-pyrrole nitrogens is 2. The number of nitrogens with one attached hydrogen (secondary N) is 3. The van der Waals surface area contributed by atoms with Crippen molar-refractivity contribution in [2.75, 3.05) is 5.32 Å². The largest absolute Gasteiger partial charge is 0.493 e. The van der Waals surface area contributed by atoms with Gasteiger partial charge in [-0.3, -0.25) is 9.98 Å². The minimum Gasteiger partial charge on any atom is -0.493 e. The zero-order chi connectivity index (χ0) is 23.2. The van der Waals surface area contributed by atoms with Crippen LogP contribution in [0.15, 0.2) is 58.7 Å². The second-order valence-electron chi connectivity index (χ2n) is 7.92. The molecule has 1 saturated carbocycles. The third-order valence-electron chi connectivity index (χ3n) is 5.36. The predicted octanol–water partition coefficient (Wildman–Crippen LogP) is 1.13. The lowest BCUT2D eigenvalue weighted by molar-refractivity contribution is 0.454. The van der Waals surface area contributed by atoms with Gasteiger partial charge in [-0.05, 0) is 37.1 Å². The number of imidazole rings is 1. The van der Waals surface area contributed by atoms with Crippen LogP contribution in [-0.2, 0) is 0 Å². The van der Waals surface area contributed by atoms with E-state index in [2.05, 4.69) is 30.5 Å². The molecule has 1 aromatic carbocycles. The number of fused-ring (bicyclic) bond motifs is 1. The number of aromatic amines is 2. The van der Waals surface area contributed by atoms with Gasteiger partial charge in [0.05, 0.1) is 23.6 Å². The maximum Gasteiger partial charge on any atom is 0.326 e. The van der Waals surface area contributed by atoms with E-state index in [-0.39, 0.29) is 23.3 Å². The summed E-state index contributed by atoms with van der Waals surface area (Å²) in [6.45, 7) is 0. The van der Waals surface area contributed by atoms with E-state index >= 15 is 0 Å². The lowest BCUT2D eigenvalue weighted by atomic mass is 10.2. The quantitative estimate of drug-likeness (QED) is 0.311. The third-order valence-corrected chi connectivity index (χ3v) is 5.36. The molecule has 11 nitrogen and oxygen atoms in total. The van der Waals surface area contributed by atoms with Crippen molar-refractivity contribution in [3.05, 3.63) is 81.6 Å². The van der Waals surface area contributed by atoms with E-state index in [1.54, 1.807) is 58.1 Å². The molecule has 1 aliphatic carbocycles. The number of hydrogen-bond donors (Lipinski definition) is 4. The van der Waals surface area contributed by atoms with Gasteiger partial charge in [-0.1, -0.05) is 0 Å². The Kier molecular flexibility index (Phi) is 4.50. The highest BCUT2D eigenvalue weighted by molar-refractivity contribution is 5.62. The fourth-order valence-corrected chi connectivity index (χ4v) is 3.57. The average Bonchev–Trinajstić information content (AvgIpc) is 3.18. The summed E-state index contributed by atoms with van der Waals surface area (Å²) in [5.41, 5.74) is 1.49. The number of nitrogens with zero attached hydrogens (tertiary/aromatic N) is 6. The normalized spacial score (nSPS) is 14.9. The highest BCUT2D eigenvalue weighted by Gasteiger charge is 2.20. The highest BCUT2D eigenvalue weighted by Crippen LogP contribution is 2.23. The van der Waals surface area contributed by atoms with Gasteiger partial charge in [0.1, 0.15) is 17.3 Å². The van der Waals surface area contributed by atoms with Gasteiger partial charge in [-0.2, -0.15) is 14.7 Å². The van der Waals surface area contributed by atoms with Gasteiger partial charge in [-0.15, -0.1) is 0 Å². The SMILES string of the molecule is O=c1[nH]c(O)c(/C=c2\cnn3c(=NC4CC4)cc(Nc4ccc(-n5cccn5)cc4F)nc23)[nH]1. The van der Waals surface area contributed by atoms with Crippen molar-refractivity contribution in [1.82, 2.24) is 34.3 Å². The number of aromatic nitrogens is 7. The first-order valence-corrected chi connectivity index (χ1v) is 10.6. The molecule has 170 valence electrons. The minimum absolute atomic E-state index is 0.195. The number of benzene rings is 1. The Morgan fingerprint density at radius 1 is 1.24 bits per heavy atom. The van der Waals surface area contributed by atoms with Crippen LogP contribution in [0.25, 0.3) is 17.4 Å². The number of rotatable bonds is 5. The molecular formula is C22H18FN9O2. The molecule has 1 aliphatic rings. The van der Waals surface area contributed by atoms with E-state index in [9.17, 15) is 14.3 Å². The Hall–Kier alpha value is -4.74. The van der Waals surface area contributed by atoms with Crippen LogP contribution in [0.1, 0.15) is 18.5 Å². The maximum atomic E-state index is 14.9. The van der Waals surface area contributed by atoms with Crippen LogP contribution in [-0.4, -0.2) is 45.5 Å². The van der Waals surface area contributed by atoms with Crippen LogP contribution in [0, 0.1) is 5.82 Å². The molecule has 0 amide bonds. The molecule has 0 spiro atoms. The number of halogens is 1.